The zero-order valence-electron chi connectivity index (χ0n) is 13.0. The molecule has 6 heteroatoms. The highest BCUT2D eigenvalue weighted by molar-refractivity contribution is 7.21. The van der Waals surface area contributed by atoms with Crippen molar-refractivity contribution < 1.29 is 4.79 Å². The molecule has 0 radical (unpaired) electrons. The standard InChI is InChI=1S/C15H22N4OS/c1-8(2)15(5-6-15)7-17-13(20)12-11(16)10-9(3)18-19(4)14(10)21-12/h8H,5-7,16H2,1-4H3,(H,17,20). The van der Waals surface area contributed by atoms with Gasteiger partial charge in [0.25, 0.3) is 5.91 Å². The molecule has 2 aromatic rings. The monoisotopic (exact) mass is 306 g/mol. The fourth-order valence-corrected chi connectivity index (χ4v) is 4.06. The number of anilines is 1. The Bertz CT molecular complexity index is 709. The van der Waals surface area contributed by atoms with Gasteiger partial charge < -0.3 is 11.1 Å². The van der Waals surface area contributed by atoms with E-state index >= 15 is 0 Å². The number of carbonyl (C=O) groups excluding carboxylic acids is 1. The summed E-state index contributed by atoms with van der Waals surface area (Å²) < 4.78 is 1.79. The quantitative estimate of drug-likeness (QED) is 0.912. The first kappa shape index (κ1) is 14.4. The highest BCUT2D eigenvalue weighted by Crippen LogP contribution is 2.51. The smallest absolute Gasteiger partial charge is 0.263 e. The normalized spacial score (nSPS) is 16.6. The Morgan fingerprint density at radius 3 is 2.71 bits per heavy atom. The lowest BCUT2D eigenvalue weighted by atomic mass is 9.92. The second-order valence-corrected chi connectivity index (χ2v) is 7.43. The molecule has 1 saturated carbocycles. The van der Waals surface area contributed by atoms with Gasteiger partial charge in [0, 0.05) is 13.6 Å². The van der Waals surface area contributed by atoms with E-state index in [0.29, 0.717) is 21.9 Å². The molecule has 5 nitrogen and oxygen atoms in total. The van der Waals surface area contributed by atoms with E-state index < -0.39 is 0 Å². The average Bonchev–Trinajstić information content (AvgIpc) is 3.06. The van der Waals surface area contributed by atoms with Crippen LogP contribution in [0.4, 0.5) is 5.69 Å². The van der Waals surface area contributed by atoms with Crippen molar-refractivity contribution in [3.8, 4) is 0 Å². The van der Waals surface area contributed by atoms with Crippen molar-refractivity contribution in [2.45, 2.75) is 33.6 Å². The Morgan fingerprint density at radius 2 is 2.19 bits per heavy atom. The molecule has 0 aromatic carbocycles. The van der Waals surface area contributed by atoms with Gasteiger partial charge in [-0.25, -0.2) is 0 Å². The number of nitrogens with one attached hydrogen (secondary N) is 1. The Labute approximate surface area is 128 Å². The Kier molecular flexibility index (Phi) is 3.24. The molecule has 0 spiro atoms. The zero-order chi connectivity index (χ0) is 15.4. The Balaban J connectivity index is 1.82. The van der Waals surface area contributed by atoms with Crippen LogP contribution in [0.2, 0.25) is 0 Å². The molecule has 1 aliphatic carbocycles. The molecular weight excluding hydrogens is 284 g/mol. The minimum atomic E-state index is -0.0555. The van der Waals surface area contributed by atoms with Gasteiger partial charge in [0.05, 0.1) is 16.8 Å². The van der Waals surface area contributed by atoms with Gasteiger partial charge in [0.15, 0.2) is 0 Å². The van der Waals surface area contributed by atoms with Crippen molar-refractivity contribution in [1.82, 2.24) is 15.1 Å². The number of nitrogens with zero attached hydrogens (tertiary/aromatic N) is 2. The van der Waals surface area contributed by atoms with Crippen LogP contribution in [0.25, 0.3) is 10.2 Å². The van der Waals surface area contributed by atoms with Crippen LogP contribution in [0.1, 0.15) is 42.1 Å². The minimum absolute atomic E-state index is 0.0555. The topological polar surface area (TPSA) is 72.9 Å². The molecule has 1 amide bonds. The lowest BCUT2D eigenvalue weighted by molar-refractivity contribution is 0.0944. The molecular formula is C15H22N4OS. The van der Waals surface area contributed by atoms with E-state index in [1.807, 2.05) is 14.0 Å². The summed E-state index contributed by atoms with van der Waals surface area (Å²) in [6, 6.07) is 0. The predicted molar refractivity (Wildman–Crippen MR) is 86.6 cm³/mol. The fourth-order valence-electron chi connectivity index (χ4n) is 2.95. The van der Waals surface area contributed by atoms with Gasteiger partial charge >= 0.3 is 0 Å². The molecule has 114 valence electrons. The summed E-state index contributed by atoms with van der Waals surface area (Å²) in [6.45, 7) is 7.11. The van der Waals surface area contributed by atoms with Crippen molar-refractivity contribution in [1.29, 1.82) is 0 Å². The molecule has 1 fully saturated rings. The highest BCUT2D eigenvalue weighted by Gasteiger charge is 2.45. The van der Waals surface area contributed by atoms with Crippen molar-refractivity contribution in [2.24, 2.45) is 18.4 Å². The molecule has 0 saturated heterocycles. The second kappa shape index (κ2) is 4.73. The van der Waals surface area contributed by atoms with Crippen LogP contribution in [-0.2, 0) is 7.05 Å². The van der Waals surface area contributed by atoms with Crippen LogP contribution >= 0.6 is 11.3 Å². The SMILES string of the molecule is Cc1nn(C)c2sc(C(=O)NCC3(C(C)C)CC3)c(N)c12. The van der Waals surface area contributed by atoms with Gasteiger partial charge in [-0.05, 0) is 31.1 Å². The summed E-state index contributed by atoms with van der Waals surface area (Å²) in [5, 5.41) is 8.34. The van der Waals surface area contributed by atoms with Crippen LogP contribution in [0.15, 0.2) is 0 Å². The zero-order valence-corrected chi connectivity index (χ0v) is 13.8. The van der Waals surface area contributed by atoms with Crippen LogP contribution < -0.4 is 11.1 Å². The average molecular weight is 306 g/mol. The molecule has 1 aliphatic rings. The van der Waals surface area contributed by atoms with E-state index in [1.165, 1.54) is 24.2 Å². The van der Waals surface area contributed by atoms with Gasteiger partial charge in [-0.2, -0.15) is 5.10 Å². The molecule has 0 atom stereocenters. The maximum atomic E-state index is 12.4. The number of rotatable bonds is 4. The molecule has 3 N–H and O–H groups in total. The molecule has 2 heterocycles. The lowest BCUT2D eigenvalue weighted by Gasteiger charge is -2.19. The van der Waals surface area contributed by atoms with Crippen molar-refractivity contribution in [3.05, 3.63) is 10.6 Å². The van der Waals surface area contributed by atoms with Gasteiger partial charge in [0.1, 0.15) is 9.71 Å². The number of aromatic nitrogens is 2. The van der Waals surface area contributed by atoms with Crippen molar-refractivity contribution in [3.63, 3.8) is 0 Å². The van der Waals surface area contributed by atoms with Crippen molar-refractivity contribution in [2.75, 3.05) is 12.3 Å². The summed E-state index contributed by atoms with van der Waals surface area (Å²) in [5.41, 5.74) is 7.91. The minimum Gasteiger partial charge on any atom is -0.397 e. The van der Waals surface area contributed by atoms with E-state index in [9.17, 15) is 4.79 Å². The molecule has 3 rings (SSSR count). The van der Waals surface area contributed by atoms with Crippen LogP contribution in [0.3, 0.4) is 0 Å². The number of nitrogens with two attached hydrogens (primary N) is 1. The summed E-state index contributed by atoms with van der Waals surface area (Å²) in [6.07, 6.45) is 2.41. The number of hydrogen-bond donors (Lipinski definition) is 2. The first-order valence-electron chi connectivity index (χ1n) is 7.35. The van der Waals surface area contributed by atoms with E-state index in [-0.39, 0.29) is 5.91 Å². The number of carbonyl (C=O) groups is 1. The summed E-state index contributed by atoms with van der Waals surface area (Å²) in [5.74, 6) is 0.545. The predicted octanol–water partition coefficient (Wildman–Crippen LogP) is 2.69. The van der Waals surface area contributed by atoms with Gasteiger partial charge in [0.2, 0.25) is 0 Å². The van der Waals surface area contributed by atoms with E-state index in [2.05, 4.69) is 24.3 Å². The molecule has 0 unspecified atom stereocenters. The number of amides is 1. The number of aryl methyl sites for hydroxylation is 2. The summed E-state index contributed by atoms with van der Waals surface area (Å²) in [7, 11) is 1.88. The van der Waals surface area contributed by atoms with Gasteiger partial charge in [-0.15, -0.1) is 11.3 Å². The molecule has 2 aromatic heterocycles. The summed E-state index contributed by atoms with van der Waals surface area (Å²) >= 11 is 1.42. The van der Waals surface area contributed by atoms with E-state index in [4.69, 9.17) is 5.73 Å². The Hall–Kier alpha value is -1.56. The third-order valence-electron chi connectivity index (χ3n) is 4.81. The largest absolute Gasteiger partial charge is 0.397 e. The number of thiophene rings is 1. The first-order valence-corrected chi connectivity index (χ1v) is 8.17. The van der Waals surface area contributed by atoms with Gasteiger partial charge in [-0.1, -0.05) is 13.8 Å². The highest BCUT2D eigenvalue weighted by atomic mass is 32.1. The molecule has 21 heavy (non-hydrogen) atoms. The van der Waals surface area contributed by atoms with Crippen molar-refractivity contribution >= 4 is 33.1 Å². The number of nitrogen functional groups attached to an aromatic ring is 1. The lowest BCUT2D eigenvalue weighted by Crippen LogP contribution is -2.32. The van der Waals surface area contributed by atoms with Crippen LogP contribution in [0, 0.1) is 18.3 Å². The third kappa shape index (κ3) is 2.21. The Morgan fingerprint density at radius 1 is 1.52 bits per heavy atom. The number of fused-ring (bicyclic) bond motifs is 1. The fraction of sp³-hybridized carbons (Fsp3) is 0.600. The van der Waals surface area contributed by atoms with E-state index in [1.54, 1.807) is 4.68 Å². The van der Waals surface area contributed by atoms with E-state index in [0.717, 1.165) is 22.5 Å². The maximum absolute atomic E-state index is 12.4. The third-order valence-corrected chi connectivity index (χ3v) is 6.08. The van der Waals surface area contributed by atoms with Crippen LogP contribution in [0.5, 0.6) is 0 Å². The maximum Gasteiger partial charge on any atom is 0.263 e. The van der Waals surface area contributed by atoms with Crippen LogP contribution in [-0.4, -0.2) is 22.2 Å². The molecule has 0 bridgehead atoms. The number of hydrogen-bond acceptors (Lipinski definition) is 4. The second-order valence-electron chi connectivity index (χ2n) is 6.43. The molecule has 0 aliphatic heterocycles. The summed E-state index contributed by atoms with van der Waals surface area (Å²) in [4.78, 5) is 14.0. The first-order chi connectivity index (χ1) is 9.85. The van der Waals surface area contributed by atoms with Gasteiger partial charge in [-0.3, -0.25) is 9.48 Å².